The fourth-order valence-corrected chi connectivity index (χ4v) is 2.90. The van der Waals surface area contributed by atoms with E-state index in [0.29, 0.717) is 50.7 Å². The molecule has 0 aliphatic carbocycles. The number of aliphatic imine (C=N–C) groups is 1. The van der Waals surface area contributed by atoms with Crippen molar-refractivity contribution in [3.63, 3.8) is 0 Å². The topological polar surface area (TPSA) is 66.0 Å². The molecule has 0 spiro atoms. The van der Waals surface area contributed by atoms with E-state index in [0.717, 1.165) is 12.5 Å². The molecule has 1 unspecified atom stereocenters. The molecular formula is C18H26F2N4O2. The molecule has 1 aliphatic rings. The fraction of sp³-hybridized carbons (Fsp3) is 0.556. The van der Waals surface area contributed by atoms with Gasteiger partial charge < -0.3 is 20.3 Å². The van der Waals surface area contributed by atoms with Gasteiger partial charge in [0.15, 0.2) is 5.96 Å². The van der Waals surface area contributed by atoms with E-state index >= 15 is 0 Å². The van der Waals surface area contributed by atoms with Gasteiger partial charge in [-0.2, -0.15) is 0 Å². The monoisotopic (exact) mass is 368 g/mol. The molecule has 8 heteroatoms. The Morgan fingerprint density at radius 2 is 2.23 bits per heavy atom. The summed E-state index contributed by atoms with van der Waals surface area (Å²) in [5.41, 5.74) is 0.410. The van der Waals surface area contributed by atoms with Gasteiger partial charge in [-0.25, -0.2) is 8.78 Å². The molecule has 1 aromatic carbocycles. The third-order valence-electron chi connectivity index (χ3n) is 4.16. The first kappa shape index (κ1) is 19.9. The molecule has 1 saturated heterocycles. The Kier molecular flexibility index (Phi) is 7.62. The highest BCUT2D eigenvalue weighted by atomic mass is 19.1. The van der Waals surface area contributed by atoms with E-state index < -0.39 is 11.6 Å². The van der Waals surface area contributed by atoms with Crippen LogP contribution in [0.2, 0.25) is 0 Å². The van der Waals surface area contributed by atoms with E-state index in [1.807, 2.05) is 4.90 Å². The van der Waals surface area contributed by atoms with Crippen molar-refractivity contribution in [3.8, 4) is 0 Å². The molecule has 144 valence electrons. The summed E-state index contributed by atoms with van der Waals surface area (Å²) in [6, 6.07) is 3.74. The second-order valence-corrected chi connectivity index (χ2v) is 6.08. The van der Waals surface area contributed by atoms with Crippen molar-refractivity contribution in [3.05, 3.63) is 29.8 Å². The zero-order valence-corrected chi connectivity index (χ0v) is 15.2. The van der Waals surface area contributed by atoms with E-state index in [1.165, 1.54) is 12.1 Å². The van der Waals surface area contributed by atoms with Crippen molar-refractivity contribution in [2.75, 3.05) is 38.2 Å². The highest BCUT2D eigenvalue weighted by Gasteiger charge is 2.25. The minimum absolute atomic E-state index is 0.107. The van der Waals surface area contributed by atoms with Crippen molar-refractivity contribution in [2.45, 2.75) is 32.2 Å². The average molecular weight is 368 g/mol. The summed E-state index contributed by atoms with van der Waals surface area (Å²) in [5.74, 6) is -0.690. The van der Waals surface area contributed by atoms with Gasteiger partial charge in [0.1, 0.15) is 11.6 Å². The van der Waals surface area contributed by atoms with Crippen LogP contribution in [0.25, 0.3) is 0 Å². The lowest BCUT2D eigenvalue weighted by Crippen LogP contribution is -2.45. The molecule has 1 heterocycles. The van der Waals surface area contributed by atoms with Crippen LogP contribution in [0.4, 0.5) is 14.5 Å². The number of rotatable bonds is 7. The predicted molar refractivity (Wildman–Crippen MR) is 97.3 cm³/mol. The van der Waals surface area contributed by atoms with Gasteiger partial charge in [-0.05, 0) is 31.9 Å². The Morgan fingerprint density at radius 3 is 2.92 bits per heavy atom. The molecule has 0 amide bonds. The molecule has 0 radical (unpaired) electrons. The molecule has 1 atom stereocenters. The molecular weight excluding hydrogens is 342 g/mol. The van der Waals surface area contributed by atoms with E-state index in [4.69, 9.17) is 4.74 Å². The Hall–Kier alpha value is -2.38. The smallest absolute Gasteiger partial charge is 0.305 e. The zero-order valence-electron chi connectivity index (χ0n) is 15.2. The number of nitrogens with zero attached hydrogens (tertiary/aromatic N) is 2. The maximum absolute atomic E-state index is 13.9. The second kappa shape index (κ2) is 9.94. The summed E-state index contributed by atoms with van der Waals surface area (Å²) in [4.78, 5) is 17.4. The highest BCUT2D eigenvalue weighted by Crippen LogP contribution is 2.24. The number of nitrogens with one attached hydrogen (secondary N) is 2. The van der Waals surface area contributed by atoms with Gasteiger partial charge in [0.2, 0.25) is 0 Å². The first-order chi connectivity index (χ1) is 12.5. The average Bonchev–Trinajstić information content (AvgIpc) is 3.06. The number of hydrogen-bond donors (Lipinski definition) is 2. The van der Waals surface area contributed by atoms with Crippen molar-refractivity contribution in [1.29, 1.82) is 0 Å². The van der Waals surface area contributed by atoms with E-state index in [-0.39, 0.29) is 12.0 Å². The van der Waals surface area contributed by atoms with Crippen molar-refractivity contribution < 1.29 is 18.3 Å². The van der Waals surface area contributed by atoms with Crippen LogP contribution in [0.15, 0.2) is 23.2 Å². The zero-order chi connectivity index (χ0) is 18.9. The van der Waals surface area contributed by atoms with Crippen molar-refractivity contribution in [1.82, 2.24) is 10.6 Å². The lowest BCUT2D eigenvalue weighted by Gasteiger charge is -2.21. The maximum atomic E-state index is 13.9. The number of carbonyl (C=O) groups is 1. The number of ether oxygens (including phenoxy) is 1. The molecule has 0 aromatic heterocycles. The highest BCUT2D eigenvalue weighted by molar-refractivity contribution is 5.80. The summed E-state index contributed by atoms with van der Waals surface area (Å²) >= 11 is 0. The SMILES string of the molecule is CCOC(=O)CCCNC(=NC)NC1CCN(c2ccc(F)cc2F)C1. The van der Waals surface area contributed by atoms with Gasteiger partial charge in [-0.1, -0.05) is 0 Å². The Labute approximate surface area is 152 Å². The molecule has 2 rings (SSSR count). The van der Waals surface area contributed by atoms with Gasteiger partial charge in [0.05, 0.1) is 12.3 Å². The molecule has 1 aromatic rings. The Balaban J connectivity index is 1.76. The number of hydrogen-bond acceptors (Lipinski definition) is 4. The van der Waals surface area contributed by atoms with E-state index in [2.05, 4.69) is 15.6 Å². The molecule has 6 nitrogen and oxygen atoms in total. The summed E-state index contributed by atoms with van der Waals surface area (Å²) in [5, 5.41) is 6.45. The van der Waals surface area contributed by atoms with Gasteiger partial charge in [0.25, 0.3) is 0 Å². The standard InChI is InChI=1S/C18H26F2N4O2/c1-3-26-17(25)5-4-9-22-18(21-2)23-14-8-10-24(12-14)16-7-6-13(19)11-15(16)20/h6-7,11,14H,3-5,8-10,12H2,1-2H3,(H2,21,22,23). The Bertz CT molecular complexity index is 640. The Morgan fingerprint density at radius 1 is 1.42 bits per heavy atom. The number of esters is 1. The first-order valence-electron chi connectivity index (χ1n) is 8.86. The lowest BCUT2D eigenvalue weighted by molar-refractivity contribution is -0.143. The number of halogens is 2. The predicted octanol–water partition coefficient (Wildman–Crippen LogP) is 2.05. The van der Waals surface area contributed by atoms with E-state index in [1.54, 1.807) is 14.0 Å². The first-order valence-corrected chi connectivity index (χ1v) is 8.86. The van der Waals surface area contributed by atoms with Crippen LogP contribution in [0, 0.1) is 11.6 Å². The third kappa shape index (κ3) is 5.86. The van der Waals surface area contributed by atoms with Crippen molar-refractivity contribution >= 4 is 17.6 Å². The van der Waals surface area contributed by atoms with Gasteiger partial charge in [-0.3, -0.25) is 9.79 Å². The fourth-order valence-electron chi connectivity index (χ4n) is 2.90. The second-order valence-electron chi connectivity index (χ2n) is 6.08. The lowest BCUT2D eigenvalue weighted by atomic mass is 10.2. The van der Waals surface area contributed by atoms with Crippen LogP contribution < -0.4 is 15.5 Å². The minimum Gasteiger partial charge on any atom is -0.466 e. The largest absolute Gasteiger partial charge is 0.466 e. The summed E-state index contributed by atoms with van der Waals surface area (Å²) < 4.78 is 31.8. The number of guanidine groups is 1. The molecule has 0 bridgehead atoms. The third-order valence-corrected chi connectivity index (χ3v) is 4.16. The molecule has 26 heavy (non-hydrogen) atoms. The van der Waals surface area contributed by atoms with E-state index in [9.17, 15) is 13.6 Å². The van der Waals surface area contributed by atoms with Crippen LogP contribution >= 0.6 is 0 Å². The minimum atomic E-state index is -0.576. The van der Waals surface area contributed by atoms with Crippen LogP contribution in [-0.4, -0.2) is 51.3 Å². The van der Waals surface area contributed by atoms with Crippen LogP contribution in [0.1, 0.15) is 26.2 Å². The number of anilines is 1. The molecule has 1 fully saturated rings. The van der Waals surface area contributed by atoms with Crippen LogP contribution in [-0.2, 0) is 9.53 Å². The number of carbonyl (C=O) groups excluding carboxylic acids is 1. The normalized spacial score (nSPS) is 17.3. The summed E-state index contributed by atoms with van der Waals surface area (Å²) in [6.07, 6.45) is 1.83. The van der Waals surface area contributed by atoms with Crippen molar-refractivity contribution in [2.24, 2.45) is 4.99 Å². The molecule has 0 saturated carbocycles. The van der Waals surface area contributed by atoms with Gasteiger partial charge in [-0.15, -0.1) is 0 Å². The summed E-state index contributed by atoms with van der Waals surface area (Å²) in [6.45, 7) is 4.06. The van der Waals surface area contributed by atoms with Crippen LogP contribution in [0.5, 0.6) is 0 Å². The quantitative estimate of drug-likeness (QED) is 0.334. The number of benzene rings is 1. The molecule has 2 N–H and O–H groups in total. The van der Waals surface area contributed by atoms with Gasteiger partial charge in [0, 0.05) is 45.2 Å². The summed E-state index contributed by atoms with van der Waals surface area (Å²) in [7, 11) is 1.67. The maximum Gasteiger partial charge on any atom is 0.305 e. The molecule has 1 aliphatic heterocycles. The van der Waals surface area contributed by atoms with Crippen LogP contribution in [0.3, 0.4) is 0 Å². The van der Waals surface area contributed by atoms with Gasteiger partial charge >= 0.3 is 5.97 Å².